The van der Waals surface area contributed by atoms with Crippen LogP contribution in [0.1, 0.15) is 12.5 Å². The van der Waals surface area contributed by atoms with Gasteiger partial charge in [0.05, 0.1) is 0 Å². The monoisotopic (exact) mass is 368 g/mol. The highest BCUT2D eigenvalue weighted by Gasteiger charge is 2.04. The molecule has 5 heteroatoms. The van der Waals surface area contributed by atoms with Crippen molar-refractivity contribution in [2.24, 2.45) is 0 Å². The van der Waals surface area contributed by atoms with Gasteiger partial charge in [-0.25, -0.2) is 0 Å². The van der Waals surface area contributed by atoms with Gasteiger partial charge in [0, 0.05) is 20.9 Å². The van der Waals surface area contributed by atoms with Gasteiger partial charge in [0.2, 0.25) is 0 Å². The fourth-order valence-electron chi connectivity index (χ4n) is 1.79. The fourth-order valence-corrected chi connectivity index (χ4v) is 2.56. The molecule has 0 aromatic heterocycles. The second-order valence-electron chi connectivity index (χ2n) is 4.24. The number of hydrogen-bond acceptors (Lipinski definition) is 1. The highest BCUT2D eigenvalue weighted by atomic mass is 79.9. The van der Waals surface area contributed by atoms with E-state index in [4.69, 9.17) is 23.8 Å². The SMILES string of the molecule is CCc1cc(Br)ccc1NC(=S)Nc1ccc(Cl)cc1. The normalized spacial score (nSPS) is 10.2. The molecule has 2 rings (SSSR count). The van der Waals surface area contributed by atoms with Gasteiger partial charge in [-0.3, -0.25) is 0 Å². The maximum Gasteiger partial charge on any atom is 0.175 e. The van der Waals surface area contributed by atoms with Crippen LogP contribution in [0, 0.1) is 0 Å². The van der Waals surface area contributed by atoms with Crippen LogP contribution in [0.2, 0.25) is 5.02 Å². The van der Waals surface area contributed by atoms with Gasteiger partial charge >= 0.3 is 0 Å². The zero-order chi connectivity index (χ0) is 14.5. The number of nitrogens with one attached hydrogen (secondary N) is 2. The van der Waals surface area contributed by atoms with E-state index in [-0.39, 0.29) is 0 Å². The minimum atomic E-state index is 0.560. The van der Waals surface area contributed by atoms with Gasteiger partial charge in [0.25, 0.3) is 0 Å². The lowest BCUT2D eigenvalue weighted by atomic mass is 10.1. The van der Waals surface area contributed by atoms with Crippen LogP contribution < -0.4 is 10.6 Å². The van der Waals surface area contributed by atoms with E-state index in [1.54, 1.807) is 0 Å². The molecule has 2 N–H and O–H groups in total. The first-order valence-corrected chi connectivity index (χ1v) is 7.78. The molecule has 0 saturated carbocycles. The van der Waals surface area contributed by atoms with Crippen LogP contribution in [0.15, 0.2) is 46.9 Å². The van der Waals surface area contributed by atoms with Crippen LogP contribution in [0.4, 0.5) is 11.4 Å². The molecule has 0 aliphatic carbocycles. The minimum absolute atomic E-state index is 0.560. The number of thiocarbonyl (C=S) groups is 1. The third-order valence-electron chi connectivity index (χ3n) is 2.80. The maximum atomic E-state index is 5.85. The molecule has 2 aromatic rings. The molecule has 0 heterocycles. The molecule has 104 valence electrons. The van der Waals surface area contributed by atoms with Crippen molar-refractivity contribution in [1.82, 2.24) is 0 Å². The smallest absolute Gasteiger partial charge is 0.175 e. The lowest BCUT2D eigenvalue weighted by Gasteiger charge is -2.14. The van der Waals surface area contributed by atoms with Crippen molar-refractivity contribution < 1.29 is 0 Å². The molecule has 0 spiro atoms. The summed E-state index contributed by atoms with van der Waals surface area (Å²) in [5.41, 5.74) is 3.13. The van der Waals surface area contributed by atoms with Crippen LogP contribution >= 0.6 is 39.7 Å². The summed E-state index contributed by atoms with van der Waals surface area (Å²) < 4.78 is 1.07. The molecular formula is C15H14BrClN2S. The van der Waals surface area contributed by atoms with Crippen LogP contribution in [-0.2, 0) is 6.42 Å². The zero-order valence-electron chi connectivity index (χ0n) is 10.9. The van der Waals surface area contributed by atoms with E-state index in [1.165, 1.54) is 5.56 Å². The summed E-state index contributed by atoms with van der Waals surface area (Å²) in [6.07, 6.45) is 0.936. The average Bonchev–Trinajstić information content (AvgIpc) is 2.43. The van der Waals surface area contributed by atoms with Crippen LogP contribution in [0.25, 0.3) is 0 Å². The minimum Gasteiger partial charge on any atom is -0.332 e. The molecular weight excluding hydrogens is 356 g/mol. The van der Waals surface area contributed by atoms with E-state index < -0.39 is 0 Å². The predicted molar refractivity (Wildman–Crippen MR) is 94.8 cm³/mol. The quantitative estimate of drug-likeness (QED) is 0.701. The van der Waals surface area contributed by atoms with Gasteiger partial charge in [0.15, 0.2) is 5.11 Å². The Hall–Kier alpha value is -1.10. The molecule has 0 aliphatic heterocycles. The summed E-state index contributed by atoms with van der Waals surface area (Å²) in [6.45, 7) is 2.11. The van der Waals surface area contributed by atoms with Crippen molar-refractivity contribution in [3.8, 4) is 0 Å². The Morgan fingerprint density at radius 3 is 2.50 bits per heavy atom. The molecule has 0 radical (unpaired) electrons. The highest BCUT2D eigenvalue weighted by Crippen LogP contribution is 2.22. The number of hydrogen-bond donors (Lipinski definition) is 2. The van der Waals surface area contributed by atoms with Gasteiger partial charge in [-0.1, -0.05) is 34.5 Å². The number of anilines is 2. The zero-order valence-corrected chi connectivity index (χ0v) is 14.1. The Labute approximate surface area is 137 Å². The summed E-state index contributed by atoms with van der Waals surface area (Å²) >= 11 is 14.7. The molecule has 0 amide bonds. The van der Waals surface area contributed by atoms with E-state index in [0.717, 1.165) is 22.3 Å². The first kappa shape index (κ1) is 15.3. The summed E-state index contributed by atoms with van der Waals surface area (Å²) in [7, 11) is 0. The van der Waals surface area contributed by atoms with Gasteiger partial charge in [-0.05, 0) is 66.7 Å². The van der Waals surface area contributed by atoms with Crippen molar-refractivity contribution >= 4 is 56.2 Å². The van der Waals surface area contributed by atoms with Crippen molar-refractivity contribution in [1.29, 1.82) is 0 Å². The van der Waals surface area contributed by atoms with Crippen molar-refractivity contribution in [3.05, 3.63) is 57.5 Å². The summed E-state index contributed by atoms with van der Waals surface area (Å²) in [4.78, 5) is 0. The standard InChI is InChI=1S/C15H14BrClN2S/c1-2-10-9-11(16)3-8-14(10)19-15(20)18-13-6-4-12(17)5-7-13/h3-9H,2H2,1H3,(H2,18,19,20). The Morgan fingerprint density at radius 2 is 1.85 bits per heavy atom. The topological polar surface area (TPSA) is 24.1 Å². The maximum absolute atomic E-state index is 5.85. The van der Waals surface area contributed by atoms with E-state index in [9.17, 15) is 0 Å². The molecule has 2 aromatic carbocycles. The van der Waals surface area contributed by atoms with E-state index in [0.29, 0.717) is 10.1 Å². The van der Waals surface area contributed by atoms with Crippen LogP contribution in [0.5, 0.6) is 0 Å². The summed E-state index contributed by atoms with van der Waals surface area (Å²) in [5, 5.41) is 7.62. The third kappa shape index (κ3) is 4.20. The average molecular weight is 370 g/mol. The molecule has 0 unspecified atom stereocenters. The Morgan fingerprint density at radius 1 is 1.15 bits per heavy atom. The van der Waals surface area contributed by atoms with Crippen molar-refractivity contribution in [2.75, 3.05) is 10.6 Å². The van der Waals surface area contributed by atoms with Crippen molar-refractivity contribution in [2.45, 2.75) is 13.3 Å². The predicted octanol–water partition coefficient (Wildman–Crippen LogP) is 5.47. The Bertz CT molecular complexity index is 614. The number of aryl methyl sites for hydroxylation is 1. The third-order valence-corrected chi connectivity index (χ3v) is 3.75. The van der Waals surface area contributed by atoms with E-state index >= 15 is 0 Å². The van der Waals surface area contributed by atoms with Gasteiger partial charge in [-0.15, -0.1) is 0 Å². The molecule has 0 bridgehead atoms. The number of halogens is 2. The van der Waals surface area contributed by atoms with Crippen molar-refractivity contribution in [3.63, 3.8) is 0 Å². The van der Waals surface area contributed by atoms with Gasteiger partial charge < -0.3 is 10.6 Å². The Balaban J connectivity index is 2.06. The molecule has 2 nitrogen and oxygen atoms in total. The molecule has 0 saturated heterocycles. The fraction of sp³-hybridized carbons (Fsp3) is 0.133. The molecule has 20 heavy (non-hydrogen) atoms. The van der Waals surface area contributed by atoms with Gasteiger partial charge in [-0.2, -0.15) is 0 Å². The first-order valence-electron chi connectivity index (χ1n) is 6.20. The Kier molecular flexibility index (Phi) is 5.40. The summed E-state index contributed by atoms with van der Waals surface area (Å²) in [5.74, 6) is 0. The lowest BCUT2D eigenvalue weighted by molar-refractivity contribution is 1.14. The number of benzene rings is 2. The highest BCUT2D eigenvalue weighted by molar-refractivity contribution is 9.10. The van der Waals surface area contributed by atoms with E-state index in [1.807, 2.05) is 36.4 Å². The second kappa shape index (κ2) is 7.07. The first-order chi connectivity index (χ1) is 9.58. The largest absolute Gasteiger partial charge is 0.332 e. The van der Waals surface area contributed by atoms with Crippen LogP contribution in [0.3, 0.4) is 0 Å². The molecule has 0 atom stereocenters. The number of rotatable bonds is 3. The lowest BCUT2D eigenvalue weighted by Crippen LogP contribution is -2.19. The van der Waals surface area contributed by atoms with E-state index in [2.05, 4.69) is 39.6 Å². The molecule has 0 aliphatic rings. The van der Waals surface area contributed by atoms with Gasteiger partial charge in [0.1, 0.15) is 0 Å². The summed E-state index contributed by atoms with van der Waals surface area (Å²) in [6, 6.07) is 13.5. The molecule has 0 fully saturated rings. The van der Waals surface area contributed by atoms with Crippen LogP contribution in [-0.4, -0.2) is 5.11 Å². The second-order valence-corrected chi connectivity index (χ2v) is 6.00.